The molecular formula is CClKNNaS. The van der Waals surface area contributed by atoms with E-state index in [1.807, 2.05) is 0 Å². The Labute approximate surface area is 113 Å². The summed E-state index contributed by atoms with van der Waals surface area (Å²) >= 11 is 3.70. The first kappa shape index (κ1) is 23.3. The third kappa shape index (κ3) is 29.7. The van der Waals surface area contributed by atoms with E-state index in [1.54, 1.807) is 0 Å². The molecule has 24 valence electrons. The summed E-state index contributed by atoms with van der Waals surface area (Å²) in [5, 5.41) is 8.47. The molecule has 0 N–H and O–H groups in total. The maximum Gasteiger partial charge on any atom is 1.00 e. The van der Waals surface area contributed by atoms with E-state index >= 15 is 0 Å². The van der Waals surface area contributed by atoms with Crippen molar-refractivity contribution in [3.8, 4) is 0 Å². The zero-order valence-corrected chi connectivity index (χ0v) is 10.4. The molecular weight excluding hydrogens is 156 g/mol. The summed E-state index contributed by atoms with van der Waals surface area (Å²) in [5.74, 6) is 0. The Bertz CT molecular complexity index is 36.5. The minimum atomic E-state index is 0. The van der Waals surface area contributed by atoms with Gasteiger partial charge in [-0.2, -0.15) is 5.16 Å². The summed E-state index contributed by atoms with van der Waals surface area (Å²) < 4.78 is 0. The molecule has 0 radical (unpaired) electrons. The van der Waals surface area contributed by atoms with Crippen LogP contribution in [0, 0.1) is 0 Å². The van der Waals surface area contributed by atoms with Crippen LogP contribution in [-0.4, -0.2) is 5.16 Å². The first-order valence-electron chi connectivity index (χ1n) is 0.428. The molecule has 0 unspecified atom stereocenters. The summed E-state index contributed by atoms with van der Waals surface area (Å²) in [6.45, 7) is 0. The van der Waals surface area contributed by atoms with E-state index in [4.69, 9.17) is 5.41 Å². The molecule has 0 amide bonds. The predicted octanol–water partition coefficient (Wildman–Crippen LogP) is -8.33. The van der Waals surface area contributed by atoms with Crippen LogP contribution < -0.4 is 93.3 Å². The van der Waals surface area contributed by atoms with Crippen molar-refractivity contribution >= 4 is 17.4 Å². The van der Waals surface area contributed by atoms with Gasteiger partial charge < -0.3 is 17.8 Å². The van der Waals surface area contributed by atoms with Gasteiger partial charge in [-0.25, -0.2) is 0 Å². The van der Waals surface area contributed by atoms with E-state index < -0.39 is 0 Å². The van der Waals surface area contributed by atoms with E-state index in [2.05, 4.69) is 12.2 Å². The number of isothiocyanates is 1. The normalized spacial score (nSPS) is 1.33. The van der Waals surface area contributed by atoms with Crippen LogP contribution in [0.5, 0.6) is 0 Å². The van der Waals surface area contributed by atoms with Crippen LogP contribution in [0.3, 0.4) is 0 Å². The number of hydrogen-bond acceptors (Lipinski definition) is 1. The van der Waals surface area contributed by atoms with Gasteiger partial charge in [-0.1, -0.05) is 12.2 Å². The predicted molar refractivity (Wildman–Crippen MR) is 16.0 cm³/mol. The van der Waals surface area contributed by atoms with E-state index in [0.29, 0.717) is 0 Å². The van der Waals surface area contributed by atoms with E-state index in [9.17, 15) is 0 Å². The molecule has 1 nitrogen and oxygen atoms in total. The molecule has 0 aromatic rings. The van der Waals surface area contributed by atoms with Gasteiger partial charge in [0.15, 0.2) is 0 Å². The van der Waals surface area contributed by atoms with Gasteiger partial charge in [-0.15, -0.1) is 0 Å². The van der Waals surface area contributed by atoms with Crippen molar-refractivity contribution in [1.29, 1.82) is 0 Å². The smallest absolute Gasteiger partial charge is 1.00 e. The average Bonchev–Trinajstić information content (AvgIpc) is 0.918. The molecule has 6 heavy (non-hydrogen) atoms. The minimum Gasteiger partial charge on any atom is -1.00 e. The van der Waals surface area contributed by atoms with Crippen LogP contribution in [0.1, 0.15) is 0 Å². The fourth-order valence-corrected chi connectivity index (χ4v) is 0. The molecule has 0 aromatic heterocycles. The third-order valence-electron chi connectivity index (χ3n) is 0. The minimum absolute atomic E-state index is 0. The van der Waals surface area contributed by atoms with Crippen LogP contribution in [0.4, 0.5) is 0 Å². The van der Waals surface area contributed by atoms with E-state index in [-0.39, 0.29) is 93.3 Å². The zero-order valence-electron chi connectivity index (χ0n) is 3.73. The largest absolute Gasteiger partial charge is 1.00 e. The van der Waals surface area contributed by atoms with E-state index in [0.717, 1.165) is 0 Å². The molecule has 0 aliphatic rings. The number of hydrogen-bond donors (Lipinski definition) is 0. The molecule has 0 fully saturated rings. The summed E-state index contributed by atoms with van der Waals surface area (Å²) in [7, 11) is 0. The summed E-state index contributed by atoms with van der Waals surface area (Å²) in [6, 6.07) is 0. The molecule has 0 aliphatic carbocycles. The van der Waals surface area contributed by atoms with Crippen LogP contribution in [-0.2, 0) is 0 Å². The second-order valence-corrected chi connectivity index (χ2v) is 0.274. The Hall–Kier alpha value is 2.73. The summed E-state index contributed by atoms with van der Waals surface area (Å²) in [5.41, 5.74) is 0. The molecule has 0 bridgehead atoms. The van der Waals surface area contributed by atoms with Crippen molar-refractivity contribution in [1.82, 2.24) is 0 Å². The van der Waals surface area contributed by atoms with Crippen molar-refractivity contribution in [2.75, 3.05) is 0 Å². The molecule has 5 heteroatoms. The molecule has 0 aliphatic heterocycles. The van der Waals surface area contributed by atoms with Gasteiger partial charge >= 0.3 is 80.9 Å². The Kier molecular flexibility index (Phi) is 97.8. The van der Waals surface area contributed by atoms with Crippen molar-refractivity contribution in [2.45, 2.75) is 0 Å². The Morgan fingerprint density at radius 2 is 1.50 bits per heavy atom. The molecule has 0 saturated heterocycles. The number of thiocarbonyl (C=S) groups is 1. The maximum atomic E-state index is 7.13. The topological polar surface area (TPSA) is 22.3 Å². The molecule has 0 rings (SSSR count). The SMILES string of the molecule is [Cl-].[K+].[N-]=C=S.[Na+]. The third-order valence-corrected chi connectivity index (χ3v) is 0. The standard InChI is InChI=1S/CNS.ClH.K.Na/c2-1-3;;;/h;1H;;/q-1;;2*+1/p-1. The molecule has 0 aromatic carbocycles. The van der Waals surface area contributed by atoms with E-state index in [1.165, 1.54) is 5.16 Å². The summed E-state index contributed by atoms with van der Waals surface area (Å²) in [6.07, 6.45) is 0. The van der Waals surface area contributed by atoms with Gasteiger partial charge in [-0.05, 0) is 0 Å². The first-order valence-corrected chi connectivity index (χ1v) is 0.836. The Morgan fingerprint density at radius 3 is 1.50 bits per heavy atom. The van der Waals surface area contributed by atoms with Crippen molar-refractivity contribution < 1.29 is 93.3 Å². The number of nitrogens with zero attached hydrogens (tertiary/aromatic N) is 1. The molecule has 0 saturated carbocycles. The van der Waals surface area contributed by atoms with Crippen molar-refractivity contribution in [3.63, 3.8) is 0 Å². The Balaban J connectivity index is -0.00000000667. The first-order chi connectivity index (χ1) is 1.41. The number of halogens is 1. The van der Waals surface area contributed by atoms with Crippen LogP contribution in [0.2, 0.25) is 0 Å². The van der Waals surface area contributed by atoms with Gasteiger partial charge in [0.25, 0.3) is 0 Å². The number of rotatable bonds is 0. The fourth-order valence-electron chi connectivity index (χ4n) is 0. The van der Waals surface area contributed by atoms with Crippen LogP contribution >= 0.6 is 12.2 Å². The molecule has 0 heterocycles. The van der Waals surface area contributed by atoms with Gasteiger partial charge in [-0.3, -0.25) is 0 Å². The summed E-state index contributed by atoms with van der Waals surface area (Å²) in [4.78, 5) is 0. The van der Waals surface area contributed by atoms with Crippen LogP contribution in [0.25, 0.3) is 5.41 Å². The van der Waals surface area contributed by atoms with Gasteiger partial charge in [0.2, 0.25) is 0 Å². The quantitative estimate of drug-likeness (QED) is 0.194. The second kappa shape index (κ2) is 25.2. The van der Waals surface area contributed by atoms with Gasteiger partial charge in [0.05, 0.1) is 0 Å². The molecule has 0 atom stereocenters. The average molecular weight is 156 g/mol. The van der Waals surface area contributed by atoms with Crippen LogP contribution in [0.15, 0.2) is 0 Å². The van der Waals surface area contributed by atoms with Crippen molar-refractivity contribution in [3.05, 3.63) is 5.41 Å². The zero-order chi connectivity index (χ0) is 2.71. The fraction of sp³-hybridized carbons (Fsp3) is 0. The van der Waals surface area contributed by atoms with Crippen molar-refractivity contribution in [2.24, 2.45) is 0 Å². The van der Waals surface area contributed by atoms with Gasteiger partial charge in [0, 0.05) is 0 Å². The van der Waals surface area contributed by atoms with Gasteiger partial charge in [0.1, 0.15) is 0 Å². The Morgan fingerprint density at radius 1 is 1.50 bits per heavy atom. The maximum absolute atomic E-state index is 7.13. The second-order valence-electron chi connectivity index (χ2n) is 0.0913. The monoisotopic (exact) mass is 155 g/mol. The molecule has 0 spiro atoms.